The molecule has 0 saturated carbocycles. The maximum Gasteiger partial charge on any atom is 0.0474 e. The Morgan fingerprint density at radius 2 is 2.17 bits per heavy atom. The first-order valence-electron chi connectivity index (χ1n) is 6.87. The molecule has 3 nitrogen and oxygen atoms in total. The third-order valence-electron chi connectivity index (χ3n) is 3.49. The van der Waals surface area contributed by atoms with Crippen LogP contribution < -0.4 is 5.32 Å². The van der Waals surface area contributed by atoms with Crippen molar-refractivity contribution in [2.75, 3.05) is 39.9 Å². The molecule has 2 rings (SSSR count). The number of methoxy groups -OCH3 is 1. The van der Waals surface area contributed by atoms with Gasteiger partial charge in [-0.15, -0.1) is 0 Å². The summed E-state index contributed by atoms with van der Waals surface area (Å²) in [5.41, 5.74) is 1.42. The lowest BCUT2D eigenvalue weighted by Gasteiger charge is -2.33. The highest BCUT2D eigenvalue weighted by Crippen LogP contribution is 2.07. The first-order valence-corrected chi connectivity index (χ1v) is 6.87. The van der Waals surface area contributed by atoms with E-state index in [0.717, 1.165) is 45.6 Å². The summed E-state index contributed by atoms with van der Waals surface area (Å²) < 4.78 is 5.11. The monoisotopic (exact) mass is 248 g/mol. The van der Waals surface area contributed by atoms with E-state index < -0.39 is 0 Å². The van der Waals surface area contributed by atoms with Crippen molar-refractivity contribution in [2.24, 2.45) is 0 Å². The molecule has 1 aromatic rings. The summed E-state index contributed by atoms with van der Waals surface area (Å²) in [6, 6.07) is 11.3. The molecular weight excluding hydrogens is 224 g/mol. The van der Waals surface area contributed by atoms with E-state index in [4.69, 9.17) is 4.74 Å². The second-order valence-corrected chi connectivity index (χ2v) is 4.99. The van der Waals surface area contributed by atoms with Crippen LogP contribution in [0.1, 0.15) is 12.0 Å². The van der Waals surface area contributed by atoms with E-state index in [1.54, 1.807) is 7.11 Å². The van der Waals surface area contributed by atoms with Gasteiger partial charge in [0.2, 0.25) is 0 Å². The molecule has 100 valence electrons. The average Bonchev–Trinajstić information content (AvgIpc) is 2.41. The molecule has 1 aliphatic heterocycles. The van der Waals surface area contributed by atoms with Gasteiger partial charge in [-0.1, -0.05) is 30.3 Å². The summed E-state index contributed by atoms with van der Waals surface area (Å²) in [5.74, 6) is 0. The summed E-state index contributed by atoms with van der Waals surface area (Å²) in [6.45, 7) is 5.44. The first kappa shape index (κ1) is 13.5. The minimum Gasteiger partial charge on any atom is -0.385 e. The van der Waals surface area contributed by atoms with Crippen molar-refractivity contribution < 1.29 is 4.74 Å². The summed E-state index contributed by atoms with van der Waals surface area (Å²) in [7, 11) is 1.77. The molecule has 1 unspecified atom stereocenters. The van der Waals surface area contributed by atoms with Crippen molar-refractivity contribution >= 4 is 0 Å². The van der Waals surface area contributed by atoms with E-state index in [-0.39, 0.29) is 0 Å². The van der Waals surface area contributed by atoms with E-state index in [1.165, 1.54) is 5.56 Å². The molecule has 18 heavy (non-hydrogen) atoms. The lowest BCUT2D eigenvalue weighted by atomic mass is 10.0. The molecule has 1 saturated heterocycles. The highest BCUT2D eigenvalue weighted by Gasteiger charge is 2.18. The Morgan fingerprint density at radius 3 is 2.94 bits per heavy atom. The minimum atomic E-state index is 0.587. The fourth-order valence-electron chi connectivity index (χ4n) is 2.57. The molecule has 1 heterocycles. The largest absolute Gasteiger partial charge is 0.385 e. The van der Waals surface area contributed by atoms with Gasteiger partial charge in [0.1, 0.15) is 0 Å². The van der Waals surface area contributed by atoms with E-state index in [1.807, 2.05) is 0 Å². The molecule has 1 aliphatic rings. The van der Waals surface area contributed by atoms with Gasteiger partial charge < -0.3 is 15.0 Å². The molecular formula is C15H24N2O. The van der Waals surface area contributed by atoms with Gasteiger partial charge in [0.25, 0.3) is 0 Å². The van der Waals surface area contributed by atoms with Crippen molar-refractivity contribution in [3.05, 3.63) is 35.9 Å². The van der Waals surface area contributed by atoms with Gasteiger partial charge in [0, 0.05) is 45.9 Å². The average molecular weight is 248 g/mol. The van der Waals surface area contributed by atoms with Gasteiger partial charge >= 0.3 is 0 Å². The van der Waals surface area contributed by atoms with Gasteiger partial charge in [0.05, 0.1) is 0 Å². The maximum absolute atomic E-state index is 5.11. The van der Waals surface area contributed by atoms with Crippen LogP contribution in [0.4, 0.5) is 0 Å². The van der Waals surface area contributed by atoms with Gasteiger partial charge in [-0.25, -0.2) is 0 Å². The second kappa shape index (κ2) is 7.52. The van der Waals surface area contributed by atoms with Crippen molar-refractivity contribution in [1.82, 2.24) is 10.2 Å². The van der Waals surface area contributed by atoms with Crippen LogP contribution in [0, 0.1) is 0 Å². The van der Waals surface area contributed by atoms with E-state index in [9.17, 15) is 0 Å². The van der Waals surface area contributed by atoms with Crippen LogP contribution in [-0.2, 0) is 11.2 Å². The Bertz CT molecular complexity index is 329. The molecule has 0 radical (unpaired) electrons. The third kappa shape index (κ3) is 4.41. The standard InChI is InChI=1S/C15H24N2O/c1-18-11-5-9-17-10-8-16-15(13-17)12-14-6-3-2-4-7-14/h2-4,6-7,15-16H,5,8-13H2,1H3. The van der Waals surface area contributed by atoms with Crippen LogP contribution in [-0.4, -0.2) is 50.8 Å². The molecule has 0 spiro atoms. The van der Waals surface area contributed by atoms with Gasteiger partial charge in [-0.2, -0.15) is 0 Å². The zero-order chi connectivity index (χ0) is 12.6. The number of piperazine rings is 1. The molecule has 1 fully saturated rings. The minimum absolute atomic E-state index is 0.587. The maximum atomic E-state index is 5.11. The topological polar surface area (TPSA) is 24.5 Å². The number of hydrogen-bond acceptors (Lipinski definition) is 3. The summed E-state index contributed by atoms with van der Waals surface area (Å²) >= 11 is 0. The molecule has 1 N–H and O–H groups in total. The van der Waals surface area contributed by atoms with Crippen molar-refractivity contribution in [1.29, 1.82) is 0 Å². The number of nitrogens with one attached hydrogen (secondary N) is 1. The Balaban J connectivity index is 1.76. The number of nitrogens with zero attached hydrogens (tertiary/aromatic N) is 1. The van der Waals surface area contributed by atoms with Gasteiger partial charge in [0.15, 0.2) is 0 Å². The quantitative estimate of drug-likeness (QED) is 0.773. The number of rotatable bonds is 6. The third-order valence-corrected chi connectivity index (χ3v) is 3.49. The Morgan fingerprint density at radius 1 is 1.33 bits per heavy atom. The number of ether oxygens (including phenoxy) is 1. The zero-order valence-electron chi connectivity index (χ0n) is 11.3. The molecule has 1 aromatic carbocycles. The molecule has 0 aromatic heterocycles. The first-order chi connectivity index (χ1) is 8.88. The fourth-order valence-corrected chi connectivity index (χ4v) is 2.57. The molecule has 0 amide bonds. The van der Waals surface area contributed by atoms with Crippen molar-refractivity contribution in [3.63, 3.8) is 0 Å². The zero-order valence-corrected chi connectivity index (χ0v) is 11.3. The van der Waals surface area contributed by atoms with Crippen LogP contribution in [0.15, 0.2) is 30.3 Å². The summed E-state index contributed by atoms with van der Waals surface area (Å²) in [6.07, 6.45) is 2.26. The van der Waals surface area contributed by atoms with Crippen molar-refractivity contribution in [2.45, 2.75) is 18.9 Å². The smallest absolute Gasteiger partial charge is 0.0474 e. The molecule has 0 bridgehead atoms. The van der Waals surface area contributed by atoms with E-state index in [0.29, 0.717) is 6.04 Å². The fraction of sp³-hybridized carbons (Fsp3) is 0.600. The predicted octanol–water partition coefficient (Wildman–Crippen LogP) is 1.54. The lowest BCUT2D eigenvalue weighted by Crippen LogP contribution is -2.51. The number of benzene rings is 1. The second-order valence-electron chi connectivity index (χ2n) is 4.99. The van der Waals surface area contributed by atoms with E-state index in [2.05, 4.69) is 40.5 Å². The SMILES string of the molecule is COCCCN1CCNC(Cc2ccccc2)C1. The van der Waals surface area contributed by atoms with Gasteiger partial charge in [-0.3, -0.25) is 0 Å². The molecule has 0 aliphatic carbocycles. The normalized spacial score (nSPS) is 21.1. The Hall–Kier alpha value is -0.900. The number of hydrogen-bond donors (Lipinski definition) is 1. The Labute approximate surface area is 110 Å². The van der Waals surface area contributed by atoms with Crippen LogP contribution in [0.25, 0.3) is 0 Å². The Kier molecular flexibility index (Phi) is 5.65. The van der Waals surface area contributed by atoms with Crippen LogP contribution >= 0.6 is 0 Å². The molecule has 3 heteroatoms. The lowest BCUT2D eigenvalue weighted by molar-refractivity contribution is 0.153. The van der Waals surface area contributed by atoms with Gasteiger partial charge in [-0.05, 0) is 18.4 Å². The van der Waals surface area contributed by atoms with Crippen LogP contribution in [0.2, 0.25) is 0 Å². The highest BCUT2D eigenvalue weighted by atomic mass is 16.5. The summed E-state index contributed by atoms with van der Waals surface area (Å²) in [4.78, 5) is 2.54. The molecule has 1 atom stereocenters. The van der Waals surface area contributed by atoms with Crippen LogP contribution in [0.3, 0.4) is 0 Å². The predicted molar refractivity (Wildman–Crippen MR) is 74.9 cm³/mol. The van der Waals surface area contributed by atoms with E-state index >= 15 is 0 Å². The van der Waals surface area contributed by atoms with Crippen LogP contribution in [0.5, 0.6) is 0 Å². The van der Waals surface area contributed by atoms with Crippen molar-refractivity contribution in [3.8, 4) is 0 Å². The highest BCUT2D eigenvalue weighted by molar-refractivity contribution is 5.16. The summed E-state index contributed by atoms with van der Waals surface area (Å²) in [5, 5.41) is 3.62.